The van der Waals surface area contributed by atoms with Gasteiger partial charge in [-0.3, -0.25) is 4.79 Å². The van der Waals surface area contributed by atoms with Gasteiger partial charge in [0.15, 0.2) is 0 Å². The van der Waals surface area contributed by atoms with Crippen LogP contribution < -0.4 is 0 Å². The van der Waals surface area contributed by atoms with Gasteiger partial charge in [0.1, 0.15) is 0 Å². The molecule has 1 aliphatic rings. The number of ether oxygens (including phenoxy) is 1. The molecule has 1 aromatic carbocycles. The van der Waals surface area contributed by atoms with E-state index in [1.165, 1.54) is 0 Å². The third-order valence-electron chi connectivity index (χ3n) is 2.81. The molecule has 0 aliphatic carbocycles. The summed E-state index contributed by atoms with van der Waals surface area (Å²) in [5.74, 6) is 0.108. The van der Waals surface area contributed by atoms with Gasteiger partial charge in [0.05, 0.1) is 17.8 Å². The van der Waals surface area contributed by atoms with Crippen molar-refractivity contribution in [2.45, 2.75) is 26.1 Å². The largest absolute Gasteiger partial charge is 0.372 e. The molecule has 1 saturated heterocycles. The number of hydrogen-bond donors (Lipinski definition) is 0. The second-order valence-electron chi connectivity index (χ2n) is 4.45. The van der Waals surface area contributed by atoms with Crippen LogP contribution in [-0.2, 0) is 4.74 Å². The number of carbonyl (C=O) groups excluding carboxylic acids is 1. The van der Waals surface area contributed by atoms with Crippen molar-refractivity contribution in [2.75, 3.05) is 13.1 Å². The summed E-state index contributed by atoms with van der Waals surface area (Å²) in [6.45, 7) is 5.36. The third-order valence-corrected chi connectivity index (χ3v) is 3.75. The Morgan fingerprint density at radius 1 is 1.29 bits per heavy atom. The minimum atomic E-state index is 0.108. The Kier molecular flexibility index (Phi) is 4.04. The normalized spacial score (nSPS) is 24.8. The summed E-state index contributed by atoms with van der Waals surface area (Å²) in [6.07, 6.45) is 0.230. The average molecular weight is 345 g/mol. The van der Waals surface area contributed by atoms with Crippen molar-refractivity contribution < 1.29 is 9.53 Å². The second-order valence-corrected chi connectivity index (χ2v) is 5.61. The first-order chi connectivity index (χ1) is 8.08. The number of nitrogens with zero attached hydrogens (tertiary/aromatic N) is 1. The molecule has 1 fully saturated rings. The van der Waals surface area contributed by atoms with E-state index in [2.05, 4.69) is 22.6 Å². The number of hydrogen-bond acceptors (Lipinski definition) is 2. The Morgan fingerprint density at radius 2 is 1.88 bits per heavy atom. The summed E-state index contributed by atoms with van der Waals surface area (Å²) < 4.78 is 6.64. The highest BCUT2D eigenvalue weighted by Gasteiger charge is 2.27. The van der Waals surface area contributed by atoms with Crippen LogP contribution in [0.2, 0.25) is 0 Å². The van der Waals surface area contributed by atoms with Crippen molar-refractivity contribution in [1.29, 1.82) is 0 Å². The van der Waals surface area contributed by atoms with Crippen molar-refractivity contribution in [3.8, 4) is 0 Å². The van der Waals surface area contributed by atoms with E-state index in [1.54, 1.807) is 0 Å². The summed E-state index contributed by atoms with van der Waals surface area (Å²) >= 11 is 2.20. The average Bonchev–Trinajstić information content (AvgIpc) is 2.27. The van der Waals surface area contributed by atoms with Crippen molar-refractivity contribution in [1.82, 2.24) is 4.90 Å². The molecule has 0 bridgehead atoms. The van der Waals surface area contributed by atoms with Gasteiger partial charge in [0.25, 0.3) is 5.91 Å². The molecule has 1 aromatic rings. The lowest BCUT2D eigenvalue weighted by Crippen LogP contribution is -2.48. The molecule has 0 spiro atoms. The van der Waals surface area contributed by atoms with Gasteiger partial charge in [-0.1, -0.05) is 12.1 Å². The number of carbonyl (C=O) groups is 1. The number of morpholine rings is 1. The Morgan fingerprint density at radius 3 is 2.47 bits per heavy atom. The van der Waals surface area contributed by atoms with Crippen LogP contribution in [0.1, 0.15) is 24.2 Å². The van der Waals surface area contributed by atoms with Gasteiger partial charge in [-0.2, -0.15) is 0 Å². The van der Waals surface area contributed by atoms with Crippen molar-refractivity contribution >= 4 is 28.5 Å². The lowest BCUT2D eigenvalue weighted by Gasteiger charge is -2.35. The molecule has 0 radical (unpaired) electrons. The lowest BCUT2D eigenvalue weighted by molar-refractivity contribution is -0.0586. The monoisotopic (exact) mass is 345 g/mol. The van der Waals surface area contributed by atoms with E-state index in [-0.39, 0.29) is 18.1 Å². The maximum atomic E-state index is 12.4. The highest BCUT2D eigenvalue weighted by atomic mass is 127. The van der Waals surface area contributed by atoms with Gasteiger partial charge >= 0.3 is 0 Å². The van der Waals surface area contributed by atoms with E-state index < -0.39 is 0 Å². The highest BCUT2D eigenvalue weighted by Crippen LogP contribution is 2.17. The number of halogens is 1. The number of benzene rings is 1. The molecule has 3 nitrogen and oxygen atoms in total. The first-order valence-corrected chi connectivity index (χ1v) is 6.85. The number of rotatable bonds is 1. The molecule has 0 N–H and O–H groups in total. The number of amides is 1. The van der Waals surface area contributed by atoms with Crippen LogP contribution in [0.4, 0.5) is 0 Å². The van der Waals surface area contributed by atoms with Gasteiger partial charge in [-0.25, -0.2) is 0 Å². The first-order valence-electron chi connectivity index (χ1n) is 5.77. The zero-order valence-corrected chi connectivity index (χ0v) is 12.2. The maximum absolute atomic E-state index is 12.4. The van der Waals surface area contributed by atoms with Gasteiger partial charge in [0, 0.05) is 16.7 Å². The molecule has 4 heteroatoms. The second kappa shape index (κ2) is 5.35. The molecule has 0 aromatic heterocycles. The molecule has 1 aliphatic heterocycles. The van der Waals surface area contributed by atoms with Crippen LogP contribution in [0.5, 0.6) is 0 Å². The summed E-state index contributed by atoms with van der Waals surface area (Å²) in [6, 6.07) is 7.70. The lowest BCUT2D eigenvalue weighted by atomic mass is 10.1. The SMILES string of the molecule is CC1CN(C(=O)c2ccccc2I)CC(C)O1. The van der Waals surface area contributed by atoms with Crippen LogP contribution in [0, 0.1) is 3.57 Å². The van der Waals surface area contributed by atoms with Crippen molar-refractivity contribution in [3.05, 3.63) is 33.4 Å². The van der Waals surface area contributed by atoms with E-state index in [9.17, 15) is 4.79 Å². The van der Waals surface area contributed by atoms with E-state index in [1.807, 2.05) is 43.0 Å². The summed E-state index contributed by atoms with van der Waals surface area (Å²) in [5, 5.41) is 0. The Balaban J connectivity index is 2.17. The van der Waals surface area contributed by atoms with E-state index in [0.29, 0.717) is 13.1 Å². The van der Waals surface area contributed by atoms with Crippen molar-refractivity contribution in [3.63, 3.8) is 0 Å². The van der Waals surface area contributed by atoms with Crippen LogP contribution in [0.15, 0.2) is 24.3 Å². The van der Waals surface area contributed by atoms with E-state index in [4.69, 9.17) is 4.74 Å². The zero-order valence-electron chi connectivity index (χ0n) is 10.0. The first kappa shape index (κ1) is 12.8. The highest BCUT2D eigenvalue weighted by molar-refractivity contribution is 14.1. The molecule has 2 rings (SSSR count). The standard InChI is InChI=1S/C13H16INO2/c1-9-7-15(8-10(2)17-9)13(16)11-5-3-4-6-12(11)14/h3-6,9-10H,7-8H2,1-2H3. The fourth-order valence-electron chi connectivity index (χ4n) is 2.15. The minimum absolute atomic E-state index is 0.108. The van der Waals surface area contributed by atoms with Gasteiger partial charge in [0.2, 0.25) is 0 Å². The van der Waals surface area contributed by atoms with Gasteiger partial charge in [-0.05, 0) is 48.6 Å². The van der Waals surface area contributed by atoms with Crippen LogP contribution >= 0.6 is 22.6 Å². The fraction of sp³-hybridized carbons (Fsp3) is 0.462. The molecule has 17 heavy (non-hydrogen) atoms. The van der Waals surface area contributed by atoms with Crippen LogP contribution in [0.3, 0.4) is 0 Å². The predicted octanol–water partition coefficient (Wildman–Crippen LogP) is 2.54. The van der Waals surface area contributed by atoms with E-state index >= 15 is 0 Å². The van der Waals surface area contributed by atoms with Crippen molar-refractivity contribution in [2.24, 2.45) is 0 Å². The van der Waals surface area contributed by atoms with Gasteiger partial charge in [-0.15, -0.1) is 0 Å². The van der Waals surface area contributed by atoms with Gasteiger partial charge < -0.3 is 9.64 Å². The van der Waals surface area contributed by atoms with E-state index in [0.717, 1.165) is 9.13 Å². The Hall–Kier alpha value is -0.620. The molecule has 2 unspecified atom stereocenters. The summed E-state index contributed by atoms with van der Waals surface area (Å²) in [5.41, 5.74) is 0.786. The maximum Gasteiger partial charge on any atom is 0.255 e. The molecular weight excluding hydrogens is 329 g/mol. The zero-order chi connectivity index (χ0) is 12.4. The minimum Gasteiger partial charge on any atom is -0.372 e. The molecule has 92 valence electrons. The smallest absolute Gasteiger partial charge is 0.255 e. The molecule has 0 saturated carbocycles. The molecule has 1 heterocycles. The summed E-state index contributed by atoms with van der Waals surface area (Å²) in [4.78, 5) is 14.3. The predicted molar refractivity (Wildman–Crippen MR) is 75.1 cm³/mol. The summed E-state index contributed by atoms with van der Waals surface area (Å²) in [7, 11) is 0. The van der Waals surface area contributed by atoms with Crippen LogP contribution in [0.25, 0.3) is 0 Å². The topological polar surface area (TPSA) is 29.5 Å². The Bertz CT molecular complexity index is 412. The van der Waals surface area contributed by atoms with Crippen LogP contribution in [-0.4, -0.2) is 36.1 Å². The Labute approximate surface area is 115 Å². The quantitative estimate of drug-likeness (QED) is 0.732. The fourth-order valence-corrected chi connectivity index (χ4v) is 2.77. The molecule has 1 amide bonds. The molecule has 2 atom stereocenters. The third kappa shape index (κ3) is 2.98. The molecular formula is C13H16INO2.